The van der Waals surface area contributed by atoms with Gasteiger partial charge in [-0.1, -0.05) is 57.1 Å². The molecule has 3 saturated carbocycles. The molecule has 39 heavy (non-hydrogen) atoms. The van der Waals surface area contributed by atoms with Crippen LogP contribution in [0.25, 0.3) is 0 Å². The molecule has 0 amide bonds. The van der Waals surface area contributed by atoms with Crippen LogP contribution in [0.15, 0.2) is 35.5 Å². The summed E-state index contributed by atoms with van der Waals surface area (Å²) in [6, 6.07) is 0. The van der Waals surface area contributed by atoms with E-state index in [4.69, 9.17) is 14.2 Å². The summed E-state index contributed by atoms with van der Waals surface area (Å²) < 4.78 is 17.6. The molecule has 4 nitrogen and oxygen atoms in total. The van der Waals surface area contributed by atoms with Crippen LogP contribution in [0.4, 0.5) is 0 Å². The highest BCUT2D eigenvalue weighted by atomic mass is 16.7. The lowest BCUT2D eigenvalue weighted by molar-refractivity contribution is -0.188. The number of hydrogen-bond donors (Lipinski definition) is 0. The number of hydrogen-bond acceptors (Lipinski definition) is 4. The smallest absolute Gasteiger partial charge is 0.305 e. The van der Waals surface area contributed by atoms with Crippen LogP contribution < -0.4 is 0 Å². The SMILES string of the molecule is CC[C@H]1OC(O[C@H]2CC[C@@]3(C)C(=CC[C@H]4[C@@H]5CC[C@H](/C(C)=C/CCCC(=O)OC)[C@@]5(C)CC[C@@H]43)C2)C=C[C@@H]1C. The number of fused-ring (bicyclic) bond motifs is 5. The van der Waals surface area contributed by atoms with Crippen molar-refractivity contribution in [2.75, 3.05) is 7.11 Å². The molecule has 4 aliphatic carbocycles. The first kappa shape index (κ1) is 29.1. The fraction of sp³-hybridized carbons (Fsp3) is 0.800. The minimum absolute atomic E-state index is 0.0926. The summed E-state index contributed by atoms with van der Waals surface area (Å²) in [6.45, 7) is 12.0. The maximum absolute atomic E-state index is 11.5. The van der Waals surface area contributed by atoms with E-state index in [0.29, 0.717) is 29.1 Å². The standard InChI is InChI=1S/C35H54O4/c1-7-31-24(3)12-17-33(39-31)38-26-18-20-34(4)25(22-26)13-14-27-29-16-15-28(35(29,5)21-19-30(27)34)23(2)10-8-9-11-32(36)37-6/h10,12-13,17,24,26-31,33H,7-9,11,14-16,18-22H2,1-6H3/b23-10+/t24-,26-,27-,28+,29-,30-,31+,33?,34-,35+/m0/s1. The monoisotopic (exact) mass is 538 g/mol. The molecule has 5 rings (SSSR count). The number of ether oxygens (including phenoxy) is 3. The normalized spacial score (nSPS) is 43.7. The molecule has 0 radical (unpaired) electrons. The topological polar surface area (TPSA) is 44.8 Å². The average molecular weight is 539 g/mol. The highest BCUT2D eigenvalue weighted by Gasteiger charge is 2.58. The van der Waals surface area contributed by atoms with Crippen LogP contribution in [0.1, 0.15) is 112 Å². The molecular formula is C35H54O4. The van der Waals surface area contributed by atoms with Crippen LogP contribution in [0.5, 0.6) is 0 Å². The minimum atomic E-state index is -0.181. The van der Waals surface area contributed by atoms with E-state index >= 15 is 0 Å². The fourth-order valence-corrected chi connectivity index (χ4v) is 9.78. The second kappa shape index (κ2) is 11.8. The van der Waals surface area contributed by atoms with Gasteiger partial charge in [0.05, 0.1) is 19.3 Å². The average Bonchev–Trinajstić information content (AvgIpc) is 3.29. The molecule has 0 bridgehead atoms. The van der Waals surface area contributed by atoms with Crippen molar-refractivity contribution in [1.82, 2.24) is 0 Å². The molecule has 0 N–H and O–H groups in total. The number of allylic oxidation sites excluding steroid dienone is 3. The van der Waals surface area contributed by atoms with Crippen LogP contribution in [0.2, 0.25) is 0 Å². The number of carbonyl (C=O) groups is 1. The predicted octanol–water partition coefficient (Wildman–Crippen LogP) is 8.57. The zero-order valence-electron chi connectivity index (χ0n) is 25.5. The molecule has 0 aromatic carbocycles. The third kappa shape index (κ3) is 5.59. The van der Waals surface area contributed by atoms with Gasteiger partial charge in [0.1, 0.15) is 0 Å². The van der Waals surface area contributed by atoms with Crippen molar-refractivity contribution in [2.24, 2.45) is 40.4 Å². The molecule has 3 fully saturated rings. The van der Waals surface area contributed by atoms with E-state index in [2.05, 4.69) is 58.9 Å². The largest absolute Gasteiger partial charge is 0.469 e. The lowest BCUT2D eigenvalue weighted by atomic mass is 9.47. The Morgan fingerprint density at radius 3 is 2.72 bits per heavy atom. The first-order valence-corrected chi connectivity index (χ1v) is 16.1. The molecule has 1 unspecified atom stereocenters. The zero-order chi connectivity index (χ0) is 27.8. The molecule has 0 spiro atoms. The Balaban J connectivity index is 1.23. The molecule has 0 aromatic heterocycles. The maximum atomic E-state index is 11.5. The van der Waals surface area contributed by atoms with Gasteiger partial charge in [0.15, 0.2) is 6.29 Å². The Morgan fingerprint density at radius 2 is 1.95 bits per heavy atom. The van der Waals surface area contributed by atoms with Gasteiger partial charge in [-0.2, -0.15) is 0 Å². The van der Waals surface area contributed by atoms with Gasteiger partial charge in [0.25, 0.3) is 0 Å². The van der Waals surface area contributed by atoms with Crippen LogP contribution >= 0.6 is 0 Å². The second-order valence-corrected chi connectivity index (χ2v) is 14.0. The van der Waals surface area contributed by atoms with Gasteiger partial charge >= 0.3 is 5.97 Å². The summed E-state index contributed by atoms with van der Waals surface area (Å²) in [5.74, 6) is 3.55. The Labute approximate surface area is 238 Å². The highest BCUT2D eigenvalue weighted by molar-refractivity contribution is 5.69. The first-order chi connectivity index (χ1) is 18.7. The van der Waals surface area contributed by atoms with Crippen molar-refractivity contribution in [3.8, 4) is 0 Å². The lowest BCUT2D eigenvalue weighted by Gasteiger charge is -2.58. The zero-order valence-corrected chi connectivity index (χ0v) is 25.5. The number of esters is 1. The summed E-state index contributed by atoms with van der Waals surface area (Å²) in [7, 11) is 1.48. The molecule has 1 heterocycles. The van der Waals surface area contributed by atoms with Gasteiger partial charge < -0.3 is 14.2 Å². The van der Waals surface area contributed by atoms with Gasteiger partial charge in [0.2, 0.25) is 0 Å². The lowest BCUT2D eigenvalue weighted by Crippen LogP contribution is -2.50. The Kier molecular flexibility index (Phi) is 8.84. The Morgan fingerprint density at radius 1 is 1.13 bits per heavy atom. The fourth-order valence-electron chi connectivity index (χ4n) is 9.78. The first-order valence-electron chi connectivity index (χ1n) is 16.1. The van der Waals surface area contributed by atoms with Crippen LogP contribution in [-0.4, -0.2) is 31.6 Å². The van der Waals surface area contributed by atoms with Gasteiger partial charge in [-0.05, 0) is 118 Å². The van der Waals surface area contributed by atoms with Crippen molar-refractivity contribution < 1.29 is 19.0 Å². The van der Waals surface area contributed by atoms with E-state index in [1.165, 1.54) is 45.6 Å². The van der Waals surface area contributed by atoms with E-state index in [9.17, 15) is 4.79 Å². The van der Waals surface area contributed by atoms with Crippen molar-refractivity contribution in [3.05, 3.63) is 35.5 Å². The summed E-state index contributed by atoms with van der Waals surface area (Å²) in [6.07, 6.45) is 23.5. The van der Waals surface area contributed by atoms with Gasteiger partial charge in [-0.15, -0.1) is 0 Å². The van der Waals surface area contributed by atoms with Crippen molar-refractivity contribution >= 4 is 5.97 Å². The van der Waals surface area contributed by atoms with E-state index in [1.54, 1.807) is 11.1 Å². The molecule has 218 valence electrons. The summed E-state index contributed by atoms with van der Waals surface area (Å²) in [5.41, 5.74) is 4.01. The highest BCUT2D eigenvalue weighted by Crippen LogP contribution is 2.67. The number of carbonyl (C=O) groups excluding carboxylic acids is 1. The predicted molar refractivity (Wildman–Crippen MR) is 157 cm³/mol. The molecule has 0 saturated heterocycles. The van der Waals surface area contributed by atoms with Gasteiger partial charge in [-0.25, -0.2) is 0 Å². The van der Waals surface area contributed by atoms with E-state index in [-0.39, 0.29) is 24.5 Å². The van der Waals surface area contributed by atoms with Crippen LogP contribution in [0, 0.1) is 40.4 Å². The van der Waals surface area contributed by atoms with Gasteiger partial charge in [-0.3, -0.25) is 4.79 Å². The maximum Gasteiger partial charge on any atom is 0.305 e. The van der Waals surface area contributed by atoms with Gasteiger partial charge in [0, 0.05) is 12.3 Å². The quantitative estimate of drug-likeness (QED) is 0.176. The molecule has 1 aliphatic heterocycles. The molecular weight excluding hydrogens is 484 g/mol. The Bertz CT molecular complexity index is 979. The molecule has 10 atom stereocenters. The third-order valence-electron chi connectivity index (χ3n) is 12.1. The van der Waals surface area contributed by atoms with Crippen molar-refractivity contribution in [2.45, 2.75) is 130 Å². The van der Waals surface area contributed by atoms with E-state index in [0.717, 1.165) is 49.9 Å². The summed E-state index contributed by atoms with van der Waals surface area (Å²) in [4.78, 5) is 11.5. The van der Waals surface area contributed by atoms with E-state index < -0.39 is 0 Å². The van der Waals surface area contributed by atoms with Crippen molar-refractivity contribution in [1.29, 1.82) is 0 Å². The number of unbranched alkanes of at least 4 members (excludes halogenated alkanes) is 1. The minimum Gasteiger partial charge on any atom is -0.469 e. The third-order valence-corrected chi connectivity index (χ3v) is 12.1. The summed E-state index contributed by atoms with van der Waals surface area (Å²) >= 11 is 0. The molecule has 4 heteroatoms. The van der Waals surface area contributed by atoms with E-state index in [1.807, 2.05) is 0 Å². The Hall–Kier alpha value is -1.39. The van der Waals surface area contributed by atoms with Crippen LogP contribution in [0.3, 0.4) is 0 Å². The number of rotatable bonds is 8. The molecule has 0 aromatic rings. The van der Waals surface area contributed by atoms with Crippen molar-refractivity contribution in [3.63, 3.8) is 0 Å². The molecule has 5 aliphatic rings. The second-order valence-electron chi connectivity index (χ2n) is 14.0. The number of methoxy groups -OCH3 is 1. The van der Waals surface area contributed by atoms with Crippen LogP contribution in [-0.2, 0) is 19.0 Å². The summed E-state index contributed by atoms with van der Waals surface area (Å²) in [5, 5.41) is 0.